The topological polar surface area (TPSA) is 66.4 Å². The second-order valence-corrected chi connectivity index (χ2v) is 6.25. The maximum Gasteiger partial charge on any atom is 0.307 e. The number of hydrogen-bond donors (Lipinski definition) is 2. The smallest absolute Gasteiger partial charge is 0.307 e. The summed E-state index contributed by atoms with van der Waals surface area (Å²) in [5.41, 5.74) is 0.689. The molecule has 20 heavy (non-hydrogen) atoms. The van der Waals surface area contributed by atoms with E-state index in [4.69, 9.17) is 0 Å². The summed E-state index contributed by atoms with van der Waals surface area (Å²) in [4.78, 5) is 23.8. The number of benzene rings is 1. The van der Waals surface area contributed by atoms with E-state index in [1.165, 1.54) is 0 Å². The van der Waals surface area contributed by atoms with Gasteiger partial charge in [0, 0.05) is 10.2 Å². The average Bonchev–Trinajstić information content (AvgIpc) is 3.01. The largest absolute Gasteiger partial charge is 0.481 e. The van der Waals surface area contributed by atoms with Gasteiger partial charge in [-0.05, 0) is 42.5 Å². The summed E-state index contributed by atoms with van der Waals surface area (Å²) < 4.78 is 0.932. The van der Waals surface area contributed by atoms with Crippen LogP contribution in [0, 0.1) is 23.7 Å². The Morgan fingerprint density at radius 1 is 1.10 bits per heavy atom. The molecule has 0 radical (unpaired) electrons. The number of anilines is 1. The highest BCUT2D eigenvalue weighted by Crippen LogP contribution is 2.48. The van der Waals surface area contributed by atoms with Gasteiger partial charge in [-0.25, -0.2) is 0 Å². The maximum absolute atomic E-state index is 12.4. The van der Waals surface area contributed by atoms with Gasteiger partial charge in [-0.1, -0.05) is 28.1 Å². The molecule has 1 fully saturated rings. The number of amides is 1. The molecule has 104 valence electrons. The molecule has 4 atom stereocenters. The summed E-state index contributed by atoms with van der Waals surface area (Å²) in [6, 6.07) is 7.26. The van der Waals surface area contributed by atoms with Gasteiger partial charge in [-0.3, -0.25) is 9.59 Å². The number of carboxylic acid groups (broad SMARTS) is 1. The highest BCUT2D eigenvalue weighted by molar-refractivity contribution is 9.10. The number of aliphatic carboxylic acids is 1. The lowest BCUT2D eigenvalue weighted by atomic mass is 9.82. The Hall–Kier alpha value is -1.62. The maximum atomic E-state index is 12.4. The predicted molar refractivity (Wildman–Crippen MR) is 78.1 cm³/mol. The SMILES string of the molecule is O=C(O)[C@@H]1[C@@H](C(=O)Nc2ccc(Br)cc2)[C@H]2C=C[C@H]1C2. The molecule has 2 aliphatic rings. The van der Waals surface area contributed by atoms with Crippen LogP contribution < -0.4 is 5.32 Å². The number of nitrogens with one attached hydrogen (secondary N) is 1. The van der Waals surface area contributed by atoms with Crippen molar-refractivity contribution in [2.24, 2.45) is 23.7 Å². The third kappa shape index (κ3) is 2.26. The first-order chi connectivity index (χ1) is 9.56. The number of carboxylic acids is 1. The molecule has 2 bridgehead atoms. The van der Waals surface area contributed by atoms with Crippen molar-refractivity contribution in [3.05, 3.63) is 40.9 Å². The predicted octanol–water partition coefficient (Wildman–Crippen LogP) is 2.91. The van der Waals surface area contributed by atoms with Crippen LogP contribution in [0.2, 0.25) is 0 Å². The quantitative estimate of drug-likeness (QED) is 0.834. The standard InChI is InChI=1S/C15H14BrNO3/c16-10-3-5-11(6-4-10)17-14(18)12-8-1-2-9(7-8)13(12)15(19)20/h1-6,8-9,12-13H,7H2,(H,17,18)(H,19,20)/t8-,9-,12-,13-/m0/s1. The molecule has 0 saturated heterocycles. The Bertz CT molecular complexity index is 581. The Balaban J connectivity index is 1.78. The van der Waals surface area contributed by atoms with Gasteiger partial charge < -0.3 is 10.4 Å². The summed E-state index contributed by atoms with van der Waals surface area (Å²) >= 11 is 3.33. The third-order valence-electron chi connectivity index (χ3n) is 4.16. The summed E-state index contributed by atoms with van der Waals surface area (Å²) in [6.07, 6.45) is 4.69. The molecule has 0 aromatic heterocycles. The Labute approximate surface area is 125 Å². The fourth-order valence-corrected chi connectivity index (χ4v) is 3.54. The fraction of sp³-hybridized carbons (Fsp3) is 0.333. The van der Waals surface area contributed by atoms with Crippen molar-refractivity contribution in [3.8, 4) is 0 Å². The lowest BCUT2D eigenvalue weighted by Gasteiger charge is -2.23. The number of carbonyl (C=O) groups excluding carboxylic acids is 1. The van der Waals surface area contributed by atoms with Gasteiger partial charge in [-0.15, -0.1) is 0 Å². The van der Waals surface area contributed by atoms with Crippen LogP contribution in [0.15, 0.2) is 40.9 Å². The van der Waals surface area contributed by atoms with Crippen LogP contribution in [0.3, 0.4) is 0 Å². The summed E-state index contributed by atoms with van der Waals surface area (Å²) in [6.45, 7) is 0. The van der Waals surface area contributed by atoms with Crippen LogP contribution in [0.4, 0.5) is 5.69 Å². The van der Waals surface area contributed by atoms with Crippen LogP contribution in [0.25, 0.3) is 0 Å². The first kappa shape index (κ1) is 13.4. The average molecular weight is 336 g/mol. The first-order valence-corrected chi connectivity index (χ1v) is 7.33. The van der Waals surface area contributed by atoms with Crippen molar-refractivity contribution in [1.82, 2.24) is 0 Å². The van der Waals surface area contributed by atoms with Crippen LogP contribution in [-0.4, -0.2) is 17.0 Å². The molecule has 0 heterocycles. The minimum atomic E-state index is -0.877. The van der Waals surface area contributed by atoms with Gasteiger partial charge in [0.25, 0.3) is 0 Å². The zero-order valence-corrected chi connectivity index (χ0v) is 12.2. The third-order valence-corrected chi connectivity index (χ3v) is 4.69. The van der Waals surface area contributed by atoms with E-state index in [9.17, 15) is 14.7 Å². The minimum absolute atomic E-state index is 0.00170. The van der Waals surface area contributed by atoms with Crippen LogP contribution >= 0.6 is 15.9 Å². The zero-order chi connectivity index (χ0) is 14.3. The Morgan fingerprint density at radius 3 is 2.30 bits per heavy atom. The molecule has 0 unspecified atom stereocenters. The number of carbonyl (C=O) groups is 2. The molecular formula is C15H14BrNO3. The summed E-state index contributed by atoms with van der Waals surface area (Å²) in [5.74, 6) is -2.09. The van der Waals surface area contributed by atoms with Crippen molar-refractivity contribution in [2.75, 3.05) is 5.32 Å². The number of halogens is 1. The first-order valence-electron chi connectivity index (χ1n) is 6.54. The molecule has 3 rings (SSSR count). The molecule has 1 aromatic rings. The highest BCUT2D eigenvalue weighted by atomic mass is 79.9. The molecule has 2 N–H and O–H groups in total. The van der Waals surface area contributed by atoms with Crippen molar-refractivity contribution in [3.63, 3.8) is 0 Å². The molecule has 2 aliphatic carbocycles. The van der Waals surface area contributed by atoms with Crippen molar-refractivity contribution in [1.29, 1.82) is 0 Å². The Morgan fingerprint density at radius 2 is 1.70 bits per heavy atom. The molecule has 0 aliphatic heterocycles. The molecule has 0 spiro atoms. The van der Waals surface area contributed by atoms with Gasteiger partial charge >= 0.3 is 5.97 Å². The van der Waals surface area contributed by atoms with E-state index in [-0.39, 0.29) is 17.7 Å². The molecule has 4 nitrogen and oxygen atoms in total. The highest BCUT2D eigenvalue weighted by Gasteiger charge is 2.51. The molecule has 1 aromatic carbocycles. The molecule has 1 amide bonds. The monoisotopic (exact) mass is 335 g/mol. The van der Waals surface area contributed by atoms with E-state index in [1.54, 1.807) is 12.1 Å². The van der Waals surface area contributed by atoms with E-state index < -0.39 is 17.8 Å². The number of rotatable bonds is 3. The number of hydrogen-bond acceptors (Lipinski definition) is 2. The zero-order valence-electron chi connectivity index (χ0n) is 10.6. The van der Waals surface area contributed by atoms with Crippen LogP contribution in [-0.2, 0) is 9.59 Å². The van der Waals surface area contributed by atoms with Crippen molar-refractivity contribution >= 4 is 33.5 Å². The van der Waals surface area contributed by atoms with Crippen LogP contribution in [0.1, 0.15) is 6.42 Å². The van der Waals surface area contributed by atoms with Crippen molar-refractivity contribution < 1.29 is 14.7 Å². The van der Waals surface area contributed by atoms with E-state index in [2.05, 4.69) is 21.2 Å². The van der Waals surface area contributed by atoms with Crippen molar-refractivity contribution in [2.45, 2.75) is 6.42 Å². The number of fused-ring (bicyclic) bond motifs is 2. The molecular weight excluding hydrogens is 322 g/mol. The lowest BCUT2D eigenvalue weighted by Crippen LogP contribution is -2.36. The van der Waals surface area contributed by atoms with Gasteiger partial charge in [0.15, 0.2) is 0 Å². The summed E-state index contributed by atoms with van der Waals surface area (Å²) in [7, 11) is 0. The number of allylic oxidation sites excluding steroid dienone is 2. The lowest BCUT2D eigenvalue weighted by molar-refractivity contribution is -0.146. The molecule has 1 saturated carbocycles. The second kappa shape index (κ2) is 5.05. The van der Waals surface area contributed by atoms with Gasteiger partial charge in [0.1, 0.15) is 0 Å². The fourth-order valence-electron chi connectivity index (χ4n) is 3.28. The van der Waals surface area contributed by atoms with E-state index >= 15 is 0 Å². The Kier molecular flexibility index (Phi) is 3.38. The minimum Gasteiger partial charge on any atom is -0.481 e. The van der Waals surface area contributed by atoms with Crippen LogP contribution in [0.5, 0.6) is 0 Å². The van der Waals surface area contributed by atoms with Gasteiger partial charge in [0.05, 0.1) is 11.8 Å². The van der Waals surface area contributed by atoms with Gasteiger partial charge in [-0.2, -0.15) is 0 Å². The van der Waals surface area contributed by atoms with E-state index in [0.29, 0.717) is 5.69 Å². The van der Waals surface area contributed by atoms with E-state index in [1.807, 2.05) is 24.3 Å². The van der Waals surface area contributed by atoms with Gasteiger partial charge in [0.2, 0.25) is 5.91 Å². The van der Waals surface area contributed by atoms with E-state index in [0.717, 1.165) is 10.9 Å². The summed E-state index contributed by atoms with van der Waals surface area (Å²) in [5, 5.41) is 12.2. The normalized spacial score (nSPS) is 30.4. The molecule has 5 heteroatoms. The second-order valence-electron chi connectivity index (χ2n) is 5.33.